The highest BCUT2D eigenvalue weighted by Gasteiger charge is 2.09. The molecular formula is C25H23FN2O5. The molecule has 0 aliphatic heterocycles. The molecule has 0 aliphatic carbocycles. The fraction of sp³-hybridized carbons (Fsp3) is 0.160. The number of carbonyl (C=O) groups is 2. The molecule has 0 spiro atoms. The van der Waals surface area contributed by atoms with Crippen molar-refractivity contribution in [2.24, 2.45) is 5.10 Å². The normalized spacial score (nSPS) is 10.6. The third-order valence-corrected chi connectivity index (χ3v) is 4.24. The molecule has 33 heavy (non-hydrogen) atoms. The molecule has 3 rings (SSSR count). The van der Waals surface area contributed by atoms with Crippen LogP contribution in [0.5, 0.6) is 17.2 Å². The number of carbonyl (C=O) groups excluding carboxylic acids is 2. The number of rotatable bonds is 10. The summed E-state index contributed by atoms with van der Waals surface area (Å²) in [6.45, 7) is 2.38. The Kier molecular flexibility index (Phi) is 8.53. The highest BCUT2D eigenvalue weighted by Crippen LogP contribution is 2.16. The van der Waals surface area contributed by atoms with E-state index in [4.69, 9.17) is 14.2 Å². The highest BCUT2D eigenvalue weighted by molar-refractivity contribution is 5.91. The van der Waals surface area contributed by atoms with Crippen LogP contribution in [-0.4, -0.2) is 31.3 Å². The van der Waals surface area contributed by atoms with Crippen molar-refractivity contribution in [3.05, 3.63) is 89.7 Å². The Balaban J connectivity index is 1.44. The second kappa shape index (κ2) is 12.0. The Morgan fingerprint density at radius 3 is 2.15 bits per heavy atom. The zero-order valence-electron chi connectivity index (χ0n) is 18.0. The van der Waals surface area contributed by atoms with Crippen molar-refractivity contribution in [3.63, 3.8) is 0 Å². The van der Waals surface area contributed by atoms with E-state index < -0.39 is 11.9 Å². The molecule has 1 amide bonds. The van der Waals surface area contributed by atoms with E-state index in [9.17, 15) is 14.0 Å². The Labute approximate surface area is 190 Å². The average Bonchev–Trinajstić information content (AvgIpc) is 2.84. The van der Waals surface area contributed by atoms with E-state index in [-0.39, 0.29) is 12.4 Å². The van der Waals surface area contributed by atoms with E-state index in [2.05, 4.69) is 10.5 Å². The third kappa shape index (κ3) is 7.77. The molecule has 0 heterocycles. The van der Waals surface area contributed by atoms with Crippen LogP contribution in [0.4, 0.5) is 4.39 Å². The predicted octanol–water partition coefficient (Wildman–Crippen LogP) is 4.36. The van der Waals surface area contributed by atoms with Gasteiger partial charge in [0.25, 0.3) is 5.91 Å². The first kappa shape index (κ1) is 23.5. The first-order valence-corrected chi connectivity index (χ1v) is 10.3. The van der Waals surface area contributed by atoms with Crippen LogP contribution in [0.3, 0.4) is 0 Å². The van der Waals surface area contributed by atoms with E-state index in [0.717, 1.165) is 6.42 Å². The number of nitrogens with one attached hydrogen (secondary N) is 1. The summed E-state index contributed by atoms with van der Waals surface area (Å²) in [5, 5.41) is 3.85. The summed E-state index contributed by atoms with van der Waals surface area (Å²) >= 11 is 0. The predicted molar refractivity (Wildman–Crippen MR) is 121 cm³/mol. The molecule has 170 valence electrons. The van der Waals surface area contributed by atoms with Crippen molar-refractivity contribution in [1.29, 1.82) is 0 Å². The highest BCUT2D eigenvalue weighted by atomic mass is 19.1. The van der Waals surface area contributed by atoms with Crippen LogP contribution in [0.25, 0.3) is 0 Å². The molecule has 0 radical (unpaired) electrons. The van der Waals surface area contributed by atoms with Crippen LogP contribution in [-0.2, 0) is 4.79 Å². The quantitative estimate of drug-likeness (QED) is 0.215. The van der Waals surface area contributed by atoms with E-state index in [1.807, 2.05) is 6.92 Å². The van der Waals surface area contributed by atoms with Gasteiger partial charge in [-0.2, -0.15) is 5.10 Å². The minimum atomic E-state index is -0.480. The van der Waals surface area contributed by atoms with Crippen LogP contribution in [0, 0.1) is 5.82 Å². The van der Waals surface area contributed by atoms with Crippen molar-refractivity contribution in [1.82, 2.24) is 5.43 Å². The molecule has 0 fully saturated rings. The molecule has 0 aromatic heterocycles. The fourth-order valence-corrected chi connectivity index (χ4v) is 2.59. The SMILES string of the molecule is CCCOc1ccc(C(=O)Oc2ccc(/C=N\NC(=O)COc3ccc(F)cc3)cc2)cc1. The van der Waals surface area contributed by atoms with Crippen molar-refractivity contribution >= 4 is 18.1 Å². The number of hydrogen-bond acceptors (Lipinski definition) is 6. The van der Waals surface area contributed by atoms with Gasteiger partial charge in [-0.25, -0.2) is 14.6 Å². The minimum Gasteiger partial charge on any atom is -0.494 e. The number of ether oxygens (including phenoxy) is 3. The van der Waals surface area contributed by atoms with Gasteiger partial charge in [-0.15, -0.1) is 0 Å². The summed E-state index contributed by atoms with van der Waals surface area (Å²) < 4.78 is 28.9. The topological polar surface area (TPSA) is 86.2 Å². The summed E-state index contributed by atoms with van der Waals surface area (Å²) in [5.41, 5.74) is 3.43. The lowest BCUT2D eigenvalue weighted by molar-refractivity contribution is -0.123. The lowest BCUT2D eigenvalue weighted by Gasteiger charge is -2.07. The maximum Gasteiger partial charge on any atom is 0.343 e. The van der Waals surface area contributed by atoms with Gasteiger partial charge in [0.2, 0.25) is 0 Å². The van der Waals surface area contributed by atoms with Crippen LogP contribution in [0.15, 0.2) is 77.9 Å². The Hall–Kier alpha value is -4.20. The number of hydrazone groups is 1. The molecule has 1 N–H and O–H groups in total. The maximum atomic E-state index is 12.8. The number of amides is 1. The van der Waals surface area contributed by atoms with Gasteiger partial charge in [-0.1, -0.05) is 6.92 Å². The van der Waals surface area contributed by atoms with E-state index in [0.29, 0.717) is 35.0 Å². The molecular weight excluding hydrogens is 427 g/mol. The smallest absolute Gasteiger partial charge is 0.343 e. The van der Waals surface area contributed by atoms with Gasteiger partial charge in [-0.05, 0) is 84.8 Å². The standard InChI is InChI=1S/C25H23FN2O5/c1-2-15-31-21-11-5-19(6-12-21)25(30)33-23-9-3-18(4-10-23)16-27-28-24(29)17-32-22-13-7-20(26)8-14-22/h3-14,16H,2,15,17H2,1H3,(H,28,29)/b27-16-. The number of esters is 1. The first-order chi connectivity index (χ1) is 16.0. The molecule has 0 saturated carbocycles. The molecule has 3 aromatic rings. The first-order valence-electron chi connectivity index (χ1n) is 10.3. The van der Waals surface area contributed by atoms with Crippen molar-refractivity contribution in [3.8, 4) is 17.2 Å². The van der Waals surface area contributed by atoms with E-state index in [1.165, 1.54) is 30.5 Å². The largest absolute Gasteiger partial charge is 0.494 e. The minimum absolute atomic E-state index is 0.260. The number of hydrogen-bond donors (Lipinski definition) is 1. The summed E-state index contributed by atoms with van der Waals surface area (Å²) in [7, 11) is 0. The summed E-state index contributed by atoms with van der Waals surface area (Å²) in [6.07, 6.45) is 2.35. The summed E-state index contributed by atoms with van der Waals surface area (Å²) in [5.74, 6) is 0.121. The van der Waals surface area contributed by atoms with Gasteiger partial charge >= 0.3 is 5.97 Å². The van der Waals surface area contributed by atoms with E-state index in [1.54, 1.807) is 48.5 Å². The molecule has 0 saturated heterocycles. The Bertz CT molecular complexity index is 1080. The van der Waals surface area contributed by atoms with Crippen molar-refractivity contribution in [2.45, 2.75) is 13.3 Å². The number of halogens is 1. The lowest BCUT2D eigenvalue weighted by Crippen LogP contribution is -2.24. The van der Waals surface area contributed by atoms with Crippen LogP contribution >= 0.6 is 0 Å². The summed E-state index contributed by atoms with van der Waals surface area (Å²) in [6, 6.07) is 18.7. The van der Waals surface area contributed by atoms with Gasteiger partial charge in [-0.3, -0.25) is 4.79 Å². The second-order valence-electron chi connectivity index (χ2n) is 6.87. The van der Waals surface area contributed by atoms with Crippen LogP contribution in [0.1, 0.15) is 29.3 Å². The Morgan fingerprint density at radius 1 is 0.879 bits per heavy atom. The van der Waals surface area contributed by atoms with Crippen LogP contribution in [0.2, 0.25) is 0 Å². The number of nitrogens with zero attached hydrogens (tertiary/aromatic N) is 1. The van der Waals surface area contributed by atoms with Crippen molar-refractivity contribution < 1.29 is 28.2 Å². The zero-order valence-corrected chi connectivity index (χ0v) is 18.0. The van der Waals surface area contributed by atoms with Gasteiger partial charge in [0.05, 0.1) is 18.4 Å². The van der Waals surface area contributed by atoms with Crippen molar-refractivity contribution in [2.75, 3.05) is 13.2 Å². The monoisotopic (exact) mass is 450 g/mol. The lowest BCUT2D eigenvalue weighted by atomic mass is 10.2. The Morgan fingerprint density at radius 2 is 1.48 bits per heavy atom. The average molecular weight is 450 g/mol. The van der Waals surface area contributed by atoms with Crippen LogP contribution < -0.4 is 19.6 Å². The summed E-state index contributed by atoms with van der Waals surface area (Å²) in [4.78, 5) is 24.1. The zero-order chi connectivity index (χ0) is 23.5. The third-order valence-electron chi connectivity index (χ3n) is 4.24. The van der Waals surface area contributed by atoms with Gasteiger partial charge in [0, 0.05) is 0 Å². The molecule has 0 bridgehead atoms. The molecule has 8 heteroatoms. The van der Waals surface area contributed by atoms with Gasteiger partial charge < -0.3 is 14.2 Å². The molecule has 3 aromatic carbocycles. The molecule has 7 nitrogen and oxygen atoms in total. The van der Waals surface area contributed by atoms with Gasteiger partial charge in [0.1, 0.15) is 23.1 Å². The molecule has 0 atom stereocenters. The fourth-order valence-electron chi connectivity index (χ4n) is 2.59. The van der Waals surface area contributed by atoms with Gasteiger partial charge in [0.15, 0.2) is 6.61 Å². The molecule has 0 unspecified atom stereocenters. The second-order valence-corrected chi connectivity index (χ2v) is 6.87. The molecule has 0 aliphatic rings. The van der Waals surface area contributed by atoms with E-state index >= 15 is 0 Å². The maximum absolute atomic E-state index is 12.8. The number of benzene rings is 3.